The smallest absolute Gasteiger partial charge is 0.0949 e. The molecule has 4 rings (SSSR count). The van der Waals surface area contributed by atoms with E-state index >= 15 is 0 Å². The number of aromatic nitrogens is 1. The Bertz CT molecular complexity index is 975. The molecule has 1 fully saturated rings. The van der Waals surface area contributed by atoms with Crippen LogP contribution in [0.5, 0.6) is 0 Å². The van der Waals surface area contributed by atoms with Crippen LogP contribution in [-0.4, -0.2) is 23.8 Å². The van der Waals surface area contributed by atoms with Crippen LogP contribution in [0.3, 0.4) is 0 Å². The molecule has 1 saturated heterocycles. The van der Waals surface area contributed by atoms with Crippen LogP contribution in [0.2, 0.25) is 0 Å². The van der Waals surface area contributed by atoms with Gasteiger partial charge in [-0.3, -0.25) is 0 Å². The van der Waals surface area contributed by atoms with Gasteiger partial charge in [-0.15, -0.1) is 0 Å². The predicted octanol–water partition coefficient (Wildman–Crippen LogP) is 4.35. The Hall–Kier alpha value is -2.74. The molecule has 3 aromatic rings. The lowest BCUT2D eigenvalue weighted by Crippen LogP contribution is -2.34. The van der Waals surface area contributed by atoms with Crippen molar-refractivity contribution in [3.63, 3.8) is 0 Å². The van der Waals surface area contributed by atoms with E-state index in [4.69, 9.17) is 4.74 Å². The van der Waals surface area contributed by atoms with E-state index in [1.54, 1.807) is 0 Å². The van der Waals surface area contributed by atoms with E-state index in [0.29, 0.717) is 6.04 Å². The number of ether oxygens (including phenoxy) is 1. The average Bonchev–Trinajstić information content (AvgIpc) is 3.11. The molecule has 4 nitrogen and oxygen atoms in total. The first-order valence-electron chi connectivity index (χ1n) is 10.1. The van der Waals surface area contributed by atoms with E-state index in [1.807, 2.05) is 30.3 Å². The second-order valence-electron chi connectivity index (χ2n) is 7.13. The third kappa shape index (κ3) is 4.22. The van der Waals surface area contributed by atoms with Crippen molar-refractivity contribution in [1.29, 1.82) is 0 Å². The van der Waals surface area contributed by atoms with Gasteiger partial charge in [-0.1, -0.05) is 30.3 Å². The first-order valence-corrected chi connectivity index (χ1v) is 10.1. The molecule has 1 aliphatic rings. The van der Waals surface area contributed by atoms with Gasteiger partial charge in [-0.25, -0.2) is 0 Å². The van der Waals surface area contributed by atoms with Crippen molar-refractivity contribution in [1.82, 2.24) is 9.88 Å². The van der Waals surface area contributed by atoms with E-state index in [-0.39, 0.29) is 0 Å². The van der Waals surface area contributed by atoms with Crippen LogP contribution in [0.25, 0.3) is 10.9 Å². The minimum atomic E-state index is 0.548. The van der Waals surface area contributed by atoms with Gasteiger partial charge in [0.05, 0.1) is 5.69 Å². The summed E-state index contributed by atoms with van der Waals surface area (Å²) in [5, 5.41) is 8.16. The van der Waals surface area contributed by atoms with Crippen molar-refractivity contribution in [2.24, 2.45) is 0 Å². The molecule has 2 aromatic carbocycles. The standard InChI is InChI=1S/C24H27N3O/c1-2-27-22(11-14-25-20-8-4-3-5-9-20)17-23-19(7-6-10-24(23)27)18-26-21-12-15-28-16-13-21/h3-10,17,21,25-26H,2,12-13,15-16,18H2,1H3. The van der Waals surface area contributed by atoms with E-state index in [2.05, 4.69) is 58.4 Å². The highest BCUT2D eigenvalue weighted by Crippen LogP contribution is 2.24. The van der Waals surface area contributed by atoms with Crippen LogP contribution >= 0.6 is 0 Å². The summed E-state index contributed by atoms with van der Waals surface area (Å²) in [5.41, 5.74) is 4.63. The van der Waals surface area contributed by atoms with E-state index in [0.717, 1.165) is 50.5 Å². The number of rotatable bonds is 5. The second-order valence-corrected chi connectivity index (χ2v) is 7.13. The van der Waals surface area contributed by atoms with Gasteiger partial charge in [0.2, 0.25) is 0 Å². The largest absolute Gasteiger partial charge is 0.381 e. The highest BCUT2D eigenvalue weighted by molar-refractivity contribution is 5.86. The molecule has 0 radical (unpaired) electrons. The Morgan fingerprint density at radius 2 is 1.89 bits per heavy atom. The SMILES string of the molecule is CCn1c(C#CNc2ccccc2)cc2c(CNC3CCOCC3)cccc21. The number of hydrogen-bond acceptors (Lipinski definition) is 3. The van der Waals surface area contributed by atoms with Crippen molar-refractivity contribution in [3.8, 4) is 12.0 Å². The number of fused-ring (bicyclic) bond motifs is 1. The molecule has 0 atom stereocenters. The fourth-order valence-corrected chi connectivity index (χ4v) is 3.79. The third-order valence-corrected chi connectivity index (χ3v) is 5.33. The zero-order chi connectivity index (χ0) is 19.2. The molecular weight excluding hydrogens is 346 g/mol. The maximum atomic E-state index is 5.46. The fourth-order valence-electron chi connectivity index (χ4n) is 3.79. The number of para-hydroxylation sites is 1. The van der Waals surface area contributed by atoms with Crippen LogP contribution in [0.4, 0.5) is 5.69 Å². The predicted molar refractivity (Wildman–Crippen MR) is 115 cm³/mol. The maximum absolute atomic E-state index is 5.46. The summed E-state index contributed by atoms with van der Waals surface area (Å²) in [6, 6.07) is 22.5. The van der Waals surface area contributed by atoms with E-state index in [1.165, 1.54) is 16.5 Å². The molecule has 0 spiro atoms. The Labute approximate surface area is 166 Å². The van der Waals surface area contributed by atoms with Crippen LogP contribution in [-0.2, 0) is 17.8 Å². The molecule has 28 heavy (non-hydrogen) atoms. The lowest BCUT2D eigenvalue weighted by Gasteiger charge is -2.23. The normalized spacial score (nSPS) is 14.6. The molecule has 1 aliphatic heterocycles. The summed E-state index contributed by atoms with van der Waals surface area (Å²) < 4.78 is 7.75. The van der Waals surface area contributed by atoms with Crippen molar-refractivity contribution in [2.75, 3.05) is 18.5 Å². The van der Waals surface area contributed by atoms with Gasteiger partial charge in [0.15, 0.2) is 0 Å². The van der Waals surface area contributed by atoms with Crippen molar-refractivity contribution in [2.45, 2.75) is 38.9 Å². The molecule has 0 amide bonds. The summed E-state index contributed by atoms with van der Waals surface area (Å²) in [6.45, 7) is 5.67. The van der Waals surface area contributed by atoms with Crippen LogP contribution < -0.4 is 10.6 Å². The van der Waals surface area contributed by atoms with Crippen molar-refractivity contribution < 1.29 is 4.74 Å². The number of nitrogens with zero attached hydrogens (tertiary/aromatic N) is 1. The number of benzene rings is 2. The summed E-state index contributed by atoms with van der Waals surface area (Å²) in [7, 11) is 0. The average molecular weight is 374 g/mol. The molecule has 0 saturated carbocycles. The van der Waals surface area contributed by atoms with Gasteiger partial charge < -0.3 is 19.9 Å². The van der Waals surface area contributed by atoms with Crippen molar-refractivity contribution in [3.05, 3.63) is 65.9 Å². The number of aryl methyl sites for hydroxylation is 1. The van der Waals surface area contributed by atoms with Crippen LogP contribution in [0.1, 0.15) is 31.0 Å². The summed E-state index contributed by atoms with van der Waals surface area (Å²) >= 11 is 0. The van der Waals surface area contributed by atoms with Gasteiger partial charge in [0.1, 0.15) is 0 Å². The van der Waals surface area contributed by atoms with Gasteiger partial charge in [-0.05, 0) is 55.5 Å². The lowest BCUT2D eigenvalue weighted by molar-refractivity contribution is 0.0776. The Morgan fingerprint density at radius 1 is 1.07 bits per heavy atom. The summed E-state index contributed by atoms with van der Waals surface area (Å²) in [4.78, 5) is 0. The monoisotopic (exact) mass is 373 g/mol. The minimum absolute atomic E-state index is 0.548. The van der Waals surface area contributed by atoms with Gasteiger partial charge >= 0.3 is 0 Å². The molecule has 2 heterocycles. The van der Waals surface area contributed by atoms with Crippen molar-refractivity contribution >= 4 is 16.6 Å². The minimum Gasteiger partial charge on any atom is -0.381 e. The van der Waals surface area contributed by atoms with Crippen LogP contribution in [0, 0.1) is 12.0 Å². The Morgan fingerprint density at radius 3 is 2.68 bits per heavy atom. The van der Waals surface area contributed by atoms with E-state index in [9.17, 15) is 0 Å². The molecule has 0 aliphatic carbocycles. The number of hydrogen-bond donors (Lipinski definition) is 2. The molecule has 4 heteroatoms. The Kier molecular flexibility index (Phi) is 5.96. The molecule has 0 unspecified atom stereocenters. The third-order valence-electron chi connectivity index (χ3n) is 5.33. The topological polar surface area (TPSA) is 38.2 Å². The highest BCUT2D eigenvalue weighted by atomic mass is 16.5. The number of nitrogens with one attached hydrogen (secondary N) is 2. The number of anilines is 1. The first-order chi connectivity index (χ1) is 13.8. The maximum Gasteiger partial charge on any atom is 0.0949 e. The molecular formula is C24H27N3O. The molecule has 2 N–H and O–H groups in total. The zero-order valence-electron chi connectivity index (χ0n) is 16.4. The van der Waals surface area contributed by atoms with E-state index < -0.39 is 0 Å². The second kappa shape index (κ2) is 8.97. The Balaban J connectivity index is 1.56. The van der Waals surface area contributed by atoms with Crippen LogP contribution in [0.15, 0.2) is 54.6 Å². The first kappa shape index (κ1) is 18.6. The van der Waals surface area contributed by atoms with Gasteiger partial charge in [0, 0.05) is 55.0 Å². The fraction of sp³-hybridized carbons (Fsp3) is 0.333. The summed E-state index contributed by atoms with van der Waals surface area (Å²) in [6.07, 6.45) is 2.18. The molecule has 144 valence electrons. The quantitative estimate of drug-likeness (QED) is 0.516. The summed E-state index contributed by atoms with van der Waals surface area (Å²) in [5.74, 6) is 3.30. The molecule has 0 bridgehead atoms. The lowest BCUT2D eigenvalue weighted by atomic mass is 10.1. The van der Waals surface area contributed by atoms with Gasteiger partial charge in [-0.2, -0.15) is 0 Å². The highest BCUT2D eigenvalue weighted by Gasteiger charge is 2.14. The van der Waals surface area contributed by atoms with Gasteiger partial charge in [0.25, 0.3) is 0 Å². The zero-order valence-corrected chi connectivity index (χ0v) is 16.4. The molecule has 1 aromatic heterocycles.